The number of benzene rings is 1. The second-order valence-corrected chi connectivity index (χ2v) is 5.87. The first-order valence-corrected chi connectivity index (χ1v) is 7.26. The summed E-state index contributed by atoms with van der Waals surface area (Å²) in [5, 5.41) is 11.0. The molecule has 3 aliphatic heterocycles. The van der Waals surface area contributed by atoms with Crippen LogP contribution in [0.1, 0.15) is 12.8 Å². The number of carbonyl (C=O) groups excluding carboxylic acids is 1. The number of anilines is 1. The van der Waals surface area contributed by atoms with Gasteiger partial charge in [0.25, 0.3) is 0 Å². The number of aromatic nitrogens is 2. The van der Waals surface area contributed by atoms with Gasteiger partial charge in [-0.05, 0) is 44.0 Å². The molecule has 3 aliphatic rings. The zero-order valence-corrected chi connectivity index (χ0v) is 11.3. The van der Waals surface area contributed by atoms with Crippen molar-refractivity contribution < 1.29 is 4.79 Å². The molecule has 0 spiro atoms. The first-order chi connectivity index (χ1) is 9.81. The van der Waals surface area contributed by atoms with E-state index < -0.39 is 0 Å². The zero-order chi connectivity index (χ0) is 13.5. The highest BCUT2D eigenvalue weighted by atomic mass is 16.2. The van der Waals surface area contributed by atoms with Crippen molar-refractivity contribution in [3.63, 3.8) is 0 Å². The number of nitrogens with zero attached hydrogens (tertiary/aromatic N) is 2. The molecule has 5 nitrogen and oxygen atoms in total. The Labute approximate surface area is 117 Å². The van der Waals surface area contributed by atoms with Crippen molar-refractivity contribution >= 4 is 22.5 Å². The molecule has 4 heterocycles. The Morgan fingerprint density at radius 1 is 1.35 bits per heavy atom. The number of amides is 1. The molecule has 2 bridgehead atoms. The van der Waals surface area contributed by atoms with Crippen molar-refractivity contribution in [2.24, 2.45) is 11.8 Å². The Balaban J connectivity index is 1.57. The van der Waals surface area contributed by atoms with Gasteiger partial charge in [-0.3, -0.25) is 9.89 Å². The summed E-state index contributed by atoms with van der Waals surface area (Å²) in [5.74, 6) is 0.858. The molecule has 2 aromatic rings. The summed E-state index contributed by atoms with van der Waals surface area (Å²) in [7, 11) is 0. The fraction of sp³-hybridized carbons (Fsp3) is 0.467. The summed E-state index contributed by atoms with van der Waals surface area (Å²) in [6.45, 7) is 3.23. The Morgan fingerprint density at radius 3 is 2.95 bits per heavy atom. The lowest BCUT2D eigenvalue weighted by Crippen LogP contribution is -2.51. The predicted molar refractivity (Wildman–Crippen MR) is 77.4 cm³/mol. The fourth-order valence-corrected chi connectivity index (χ4v) is 3.56. The maximum Gasteiger partial charge on any atom is 0.229 e. The number of nitrogens with one attached hydrogen (secondary N) is 2. The third-order valence-corrected chi connectivity index (χ3v) is 4.74. The van der Waals surface area contributed by atoms with Gasteiger partial charge in [-0.25, -0.2) is 0 Å². The molecule has 1 amide bonds. The van der Waals surface area contributed by atoms with Crippen LogP contribution in [0.2, 0.25) is 0 Å². The Bertz CT molecular complexity index is 642. The molecule has 1 atom stereocenters. The molecule has 0 saturated carbocycles. The predicted octanol–water partition coefficient (Wildman–Crippen LogP) is 1.84. The average Bonchev–Trinajstić information content (AvgIpc) is 2.98. The molecular formula is C15H18N4O. The topological polar surface area (TPSA) is 61.0 Å². The second kappa shape index (κ2) is 4.59. The van der Waals surface area contributed by atoms with E-state index in [0.717, 1.165) is 49.1 Å². The van der Waals surface area contributed by atoms with Crippen LogP contribution in [-0.2, 0) is 4.79 Å². The molecule has 3 fully saturated rings. The van der Waals surface area contributed by atoms with Crippen LogP contribution in [0.5, 0.6) is 0 Å². The molecule has 3 saturated heterocycles. The average molecular weight is 270 g/mol. The lowest BCUT2D eigenvalue weighted by atomic mass is 9.78. The van der Waals surface area contributed by atoms with Crippen LogP contribution in [0, 0.1) is 11.8 Å². The summed E-state index contributed by atoms with van der Waals surface area (Å²) in [5.41, 5.74) is 1.81. The summed E-state index contributed by atoms with van der Waals surface area (Å²) in [6.07, 6.45) is 4.09. The van der Waals surface area contributed by atoms with Crippen LogP contribution >= 0.6 is 0 Å². The summed E-state index contributed by atoms with van der Waals surface area (Å²) in [6, 6.07) is 5.84. The molecule has 0 aliphatic carbocycles. The Hall–Kier alpha value is -1.88. The molecule has 20 heavy (non-hydrogen) atoms. The number of piperidine rings is 3. The van der Waals surface area contributed by atoms with Crippen LogP contribution in [0.3, 0.4) is 0 Å². The van der Waals surface area contributed by atoms with Crippen molar-refractivity contribution in [2.45, 2.75) is 12.8 Å². The van der Waals surface area contributed by atoms with E-state index in [0.29, 0.717) is 5.92 Å². The first-order valence-electron chi connectivity index (χ1n) is 7.26. The maximum atomic E-state index is 12.6. The molecule has 5 rings (SSSR count). The van der Waals surface area contributed by atoms with Crippen LogP contribution in [-0.4, -0.2) is 40.6 Å². The zero-order valence-electron chi connectivity index (χ0n) is 11.3. The Kier molecular flexibility index (Phi) is 2.73. The van der Waals surface area contributed by atoms with Gasteiger partial charge in [0.15, 0.2) is 0 Å². The summed E-state index contributed by atoms with van der Waals surface area (Å²) < 4.78 is 0. The molecular weight excluding hydrogens is 252 g/mol. The normalized spacial score (nSPS) is 28.7. The maximum absolute atomic E-state index is 12.6. The first kappa shape index (κ1) is 11.9. The minimum atomic E-state index is 0.139. The smallest absolute Gasteiger partial charge is 0.229 e. The van der Waals surface area contributed by atoms with Gasteiger partial charge in [0.05, 0.1) is 23.3 Å². The highest BCUT2D eigenvalue weighted by molar-refractivity contribution is 6.01. The van der Waals surface area contributed by atoms with E-state index in [1.165, 1.54) is 0 Å². The fourth-order valence-electron chi connectivity index (χ4n) is 3.56. The lowest BCUT2D eigenvalue weighted by molar-refractivity contribution is -0.125. The van der Waals surface area contributed by atoms with Crippen LogP contribution in [0.15, 0.2) is 24.4 Å². The minimum absolute atomic E-state index is 0.139. The molecule has 104 valence electrons. The largest absolute Gasteiger partial charge is 0.325 e. The molecule has 1 aromatic heterocycles. The van der Waals surface area contributed by atoms with Gasteiger partial charge >= 0.3 is 0 Å². The van der Waals surface area contributed by atoms with Crippen LogP contribution in [0.25, 0.3) is 10.9 Å². The number of fused-ring (bicyclic) bond motifs is 4. The van der Waals surface area contributed by atoms with E-state index in [1.54, 1.807) is 6.20 Å². The van der Waals surface area contributed by atoms with Gasteiger partial charge in [-0.1, -0.05) is 6.07 Å². The molecule has 0 unspecified atom stereocenters. The van der Waals surface area contributed by atoms with Crippen molar-refractivity contribution in [2.75, 3.05) is 25.0 Å². The van der Waals surface area contributed by atoms with Gasteiger partial charge < -0.3 is 10.2 Å². The quantitative estimate of drug-likeness (QED) is 0.875. The monoisotopic (exact) mass is 270 g/mol. The van der Waals surface area contributed by atoms with Crippen molar-refractivity contribution in [3.05, 3.63) is 24.4 Å². The van der Waals surface area contributed by atoms with Crippen molar-refractivity contribution in [3.8, 4) is 0 Å². The third kappa shape index (κ3) is 1.89. The van der Waals surface area contributed by atoms with Gasteiger partial charge in [0.2, 0.25) is 5.91 Å². The van der Waals surface area contributed by atoms with Gasteiger partial charge in [0.1, 0.15) is 0 Å². The molecule has 2 N–H and O–H groups in total. The van der Waals surface area contributed by atoms with Gasteiger partial charge in [0, 0.05) is 11.9 Å². The Morgan fingerprint density at radius 2 is 2.20 bits per heavy atom. The number of hydrogen-bond acceptors (Lipinski definition) is 3. The molecule has 5 heteroatoms. The van der Waals surface area contributed by atoms with Crippen LogP contribution < -0.4 is 5.32 Å². The number of rotatable bonds is 2. The van der Waals surface area contributed by atoms with Crippen molar-refractivity contribution in [1.82, 2.24) is 15.1 Å². The highest BCUT2D eigenvalue weighted by Crippen LogP contribution is 2.33. The van der Waals surface area contributed by atoms with E-state index >= 15 is 0 Å². The van der Waals surface area contributed by atoms with E-state index in [9.17, 15) is 4.79 Å². The molecule has 0 radical (unpaired) electrons. The number of H-pyrrole nitrogens is 1. The van der Waals surface area contributed by atoms with Gasteiger partial charge in [-0.2, -0.15) is 5.10 Å². The standard InChI is InChI=1S/C15H18N4O/c20-15(12-9-19-6-4-10(12)5-7-19)17-13-2-1-3-14-11(13)8-16-18-14/h1-3,8,10,12H,4-7,9H2,(H,16,18)(H,17,20)/t12-/m0/s1. The SMILES string of the molecule is O=C(Nc1cccc2[nH]ncc12)[C@H]1CN2CCC1CC2. The van der Waals surface area contributed by atoms with E-state index in [-0.39, 0.29) is 11.8 Å². The lowest BCUT2D eigenvalue weighted by Gasteiger charge is -2.43. The van der Waals surface area contributed by atoms with E-state index in [4.69, 9.17) is 0 Å². The van der Waals surface area contributed by atoms with Gasteiger partial charge in [-0.15, -0.1) is 0 Å². The highest BCUT2D eigenvalue weighted by Gasteiger charge is 2.38. The number of aromatic amines is 1. The number of carbonyl (C=O) groups is 1. The molecule has 1 aromatic carbocycles. The minimum Gasteiger partial charge on any atom is -0.325 e. The second-order valence-electron chi connectivity index (χ2n) is 5.87. The van der Waals surface area contributed by atoms with Crippen molar-refractivity contribution in [1.29, 1.82) is 0 Å². The number of hydrogen-bond donors (Lipinski definition) is 2. The summed E-state index contributed by atoms with van der Waals surface area (Å²) in [4.78, 5) is 15.0. The van der Waals surface area contributed by atoms with E-state index in [1.807, 2.05) is 18.2 Å². The van der Waals surface area contributed by atoms with E-state index in [2.05, 4.69) is 20.4 Å². The third-order valence-electron chi connectivity index (χ3n) is 4.74. The van der Waals surface area contributed by atoms with Crippen LogP contribution in [0.4, 0.5) is 5.69 Å². The summed E-state index contributed by atoms with van der Waals surface area (Å²) >= 11 is 0.